The summed E-state index contributed by atoms with van der Waals surface area (Å²) in [6.07, 6.45) is 0. The third kappa shape index (κ3) is 2.77. The Morgan fingerprint density at radius 3 is 2.72 bits per heavy atom. The van der Waals surface area contributed by atoms with Crippen LogP contribution in [-0.2, 0) is 4.74 Å². The summed E-state index contributed by atoms with van der Waals surface area (Å²) in [5, 5.41) is 0.776. The van der Waals surface area contributed by atoms with E-state index in [1.807, 2.05) is 6.07 Å². The second-order valence-electron chi connectivity index (χ2n) is 5.87. The minimum atomic E-state index is -0.538. The average Bonchev–Trinajstić information content (AvgIpc) is 2.98. The van der Waals surface area contributed by atoms with Gasteiger partial charge in [0, 0.05) is 29.6 Å². The molecule has 4 rings (SSSR count). The number of carbonyl (C=O) groups excluding carboxylic acids is 2. The van der Waals surface area contributed by atoms with Gasteiger partial charge in [0.25, 0.3) is 11.8 Å². The molecule has 0 aliphatic carbocycles. The lowest BCUT2D eigenvalue weighted by Crippen LogP contribution is -2.40. The first-order valence-electron chi connectivity index (χ1n) is 7.83. The van der Waals surface area contributed by atoms with E-state index in [1.54, 1.807) is 23.1 Å². The molecule has 8 heteroatoms. The quantitative estimate of drug-likeness (QED) is 0.640. The maximum absolute atomic E-state index is 12.7. The van der Waals surface area contributed by atoms with E-state index >= 15 is 0 Å². The number of halogens is 1. The maximum Gasteiger partial charge on any atom is 0.254 e. The van der Waals surface area contributed by atoms with Crippen molar-refractivity contribution >= 4 is 49.7 Å². The topological polar surface area (TPSA) is 101 Å². The van der Waals surface area contributed by atoms with Crippen molar-refractivity contribution in [3.05, 3.63) is 40.0 Å². The summed E-state index contributed by atoms with van der Waals surface area (Å²) in [6.45, 7) is 2.27. The molecule has 3 N–H and O–H groups in total. The van der Waals surface area contributed by atoms with Crippen LogP contribution in [0.1, 0.15) is 20.7 Å². The number of nitrogens with one attached hydrogen (secondary N) is 1. The zero-order chi connectivity index (χ0) is 17.6. The molecular formula is C17H15BrN4O3. The van der Waals surface area contributed by atoms with Crippen molar-refractivity contribution in [2.75, 3.05) is 26.3 Å². The number of rotatable bonds is 2. The van der Waals surface area contributed by atoms with Gasteiger partial charge in [0.15, 0.2) is 0 Å². The number of benzene rings is 1. The molecule has 0 spiro atoms. The number of aromatic nitrogens is 2. The molecule has 0 radical (unpaired) electrons. The first-order chi connectivity index (χ1) is 12.0. The van der Waals surface area contributed by atoms with Crippen molar-refractivity contribution in [1.29, 1.82) is 0 Å². The molecule has 2 amide bonds. The van der Waals surface area contributed by atoms with Crippen molar-refractivity contribution in [3.63, 3.8) is 0 Å². The van der Waals surface area contributed by atoms with Crippen LogP contribution in [0.4, 0.5) is 0 Å². The zero-order valence-corrected chi connectivity index (χ0v) is 14.8. The Hall–Kier alpha value is -2.45. The van der Waals surface area contributed by atoms with Crippen LogP contribution in [0.15, 0.2) is 28.9 Å². The minimum Gasteiger partial charge on any atom is -0.378 e. The van der Waals surface area contributed by atoms with E-state index in [1.165, 1.54) is 0 Å². The lowest BCUT2D eigenvalue weighted by atomic mass is 10.1. The molecule has 2 aromatic heterocycles. The summed E-state index contributed by atoms with van der Waals surface area (Å²) in [7, 11) is 0. The van der Waals surface area contributed by atoms with Gasteiger partial charge in [-0.15, -0.1) is 0 Å². The lowest BCUT2D eigenvalue weighted by Gasteiger charge is -2.26. The first-order valence-corrected chi connectivity index (χ1v) is 8.62. The van der Waals surface area contributed by atoms with Crippen molar-refractivity contribution < 1.29 is 14.3 Å². The molecule has 0 atom stereocenters. The Kier molecular flexibility index (Phi) is 3.93. The fourth-order valence-corrected chi connectivity index (χ4v) is 3.50. The molecule has 25 heavy (non-hydrogen) atoms. The molecule has 3 aromatic rings. The fourth-order valence-electron chi connectivity index (χ4n) is 3.10. The van der Waals surface area contributed by atoms with Crippen LogP contribution < -0.4 is 5.73 Å². The highest BCUT2D eigenvalue weighted by Crippen LogP contribution is 2.29. The van der Waals surface area contributed by atoms with E-state index in [0.717, 1.165) is 10.9 Å². The average molecular weight is 403 g/mol. The molecule has 1 saturated heterocycles. The molecule has 1 aromatic carbocycles. The van der Waals surface area contributed by atoms with E-state index < -0.39 is 5.91 Å². The van der Waals surface area contributed by atoms with E-state index in [2.05, 4.69) is 25.9 Å². The number of primary amides is 1. The van der Waals surface area contributed by atoms with Crippen LogP contribution >= 0.6 is 15.9 Å². The Labute approximate surface area is 151 Å². The summed E-state index contributed by atoms with van der Waals surface area (Å²) >= 11 is 3.31. The van der Waals surface area contributed by atoms with Crippen LogP contribution in [0.3, 0.4) is 0 Å². The van der Waals surface area contributed by atoms with Gasteiger partial charge in [-0.2, -0.15) is 0 Å². The van der Waals surface area contributed by atoms with Gasteiger partial charge in [-0.05, 0) is 40.2 Å². The standard InChI is InChI=1S/C17H15BrN4O3/c18-13-8-11(16(19)23)15-14(21-13)10-7-9(1-2-12(10)20-15)17(24)22-3-5-25-6-4-22/h1-2,7-8,20H,3-6H2,(H2,19,23). The lowest BCUT2D eigenvalue weighted by molar-refractivity contribution is 0.0303. The molecule has 0 bridgehead atoms. The molecule has 0 saturated carbocycles. The number of H-pyrrole nitrogens is 1. The van der Waals surface area contributed by atoms with Gasteiger partial charge in [0.1, 0.15) is 4.60 Å². The van der Waals surface area contributed by atoms with Crippen molar-refractivity contribution in [3.8, 4) is 0 Å². The van der Waals surface area contributed by atoms with Gasteiger partial charge < -0.3 is 20.4 Å². The molecule has 7 nitrogen and oxygen atoms in total. The van der Waals surface area contributed by atoms with Gasteiger partial charge in [0.05, 0.1) is 29.8 Å². The maximum atomic E-state index is 12.7. The molecular weight excluding hydrogens is 388 g/mol. The smallest absolute Gasteiger partial charge is 0.254 e. The fraction of sp³-hybridized carbons (Fsp3) is 0.235. The second-order valence-corrected chi connectivity index (χ2v) is 6.68. The molecule has 0 unspecified atom stereocenters. The summed E-state index contributed by atoms with van der Waals surface area (Å²) in [5.41, 5.74) is 8.37. The number of aromatic amines is 1. The van der Waals surface area contributed by atoms with Crippen molar-refractivity contribution in [2.45, 2.75) is 0 Å². The summed E-state index contributed by atoms with van der Waals surface area (Å²) in [4.78, 5) is 33.8. The first kappa shape index (κ1) is 16.0. The minimum absolute atomic E-state index is 0.0373. The number of nitrogens with zero attached hydrogens (tertiary/aromatic N) is 2. The molecule has 1 fully saturated rings. The molecule has 3 heterocycles. The van der Waals surface area contributed by atoms with E-state index in [4.69, 9.17) is 10.5 Å². The number of amides is 2. The Bertz CT molecular complexity index is 1010. The van der Waals surface area contributed by atoms with Crippen molar-refractivity contribution in [1.82, 2.24) is 14.9 Å². The number of ether oxygens (including phenoxy) is 1. The third-order valence-electron chi connectivity index (χ3n) is 4.33. The van der Waals surface area contributed by atoms with Crippen LogP contribution in [0.5, 0.6) is 0 Å². The van der Waals surface area contributed by atoms with Gasteiger partial charge >= 0.3 is 0 Å². The van der Waals surface area contributed by atoms with Crippen molar-refractivity contribution in [2.24, 2.45) is 5.73 Å². The number of carbonyl (C=O) groups is 2. The number of hydrogen-bond acceptors (Lipinski definition) is 4. The van der Waals surface area contributed by atoms with Crippen LogP contribution in [0.25, 0.3) is 21.9 Å². The van der Waals surface area contributed by atoms with E-state index in [9.17, 15) is 9.59 Å². The molecule has 128 valence electrons. The number of morpholine rings is 1. The summed E-state index contributed by atoms with van der Waals surface area (Å²) < 4.78 is 5.81. The van der Waals surface area contributed by atoms with Crippen LogP contribution in [0, 0.1) is 0 Å². The molecule has 1 aliphatic heterocycles. The molecule has 1 aliphatic rings. The zero-order valence-electron chi connectivity index (χ0n) is 13.2. The third-order valence-corrected chi connectivity index (χ3v) is 4.74. The van der Waals surface area contributed by atoms with Gasteiger partial charge in [-0.3, -0.25) is 9.59 Å². The Balaban J connectivity index is 1.86. The van der Waals surface area contributed by atoms with Crippen LogP contribution in [0.2, 0.25) is 0 Å². The summed E-state index contributed by atoms with van der Waals surface area (Å²) in [5.74, 6) is -0.575. The Morgan fingerprint density at radius 1 is 1.24 bits per heavy atom. The highest BCUT2D eigenvalue weighted by atomic mass is 79.9. The largest absolute Gasteiger partial charge is 0.378 e. The van der Waals surface area contributed by atoms with Gasteiger partial charge in [-0.25, -0.2) is 4.98 Å². The van der Waals surface area contributed by atoms with Crippen LogP contribution in [-0.4, -0.2) is 53.0 Å². The predicted molar refractivity (Wildman–Crippen MR) is 96.5 cm³/mol. The predicted octanol–water partition coefficient (Wildman–Crippen LogP) is 2.05. The Morgan fingerprint density at radius 2 is 2.00 bits per heavy atom. The highest BCUT2D eigenvalue weighted by molar-refractivity contribution is 9.10. The second kappa shape index (κ2) is 6.12. The number of fused-ring (bicyclic) bond motifs is 3. The van der Waals surface area contributed by atoms with Gasteiger partial charge in [-0.1, -0.05) is 0 Å². The monoisotopic (exact) mass is 402 g/mol. The van der Waals surface area contributed by atoms with Gasteiger partial charge in [0.2, 0.25) is 0 Å². The van der Waals surface area contributed by atoms with E-state index in [0.29, 0.717) is 53.1 Å². The highest BCUT2D eigenvalue weighted by Gasteiger charge is 2.20. The number of pyridine rings is 1. The van der Waals surface area contributed by atoms with E-state index in [-0.39, 0.29) is 5.91 Å². The SMILES string of the molecule is NC(=O)c1cc(Br)nc2c1[nH]c1ccc(C(=O)N3CCOCC3)cc12. The number of nitrogens with two attached hydrogens (primary N) is 1. The number of hydrogen-bond donors (Lipinski definition) is 2. The summed E-state index contributed by atoms with van der Waals surface area (Å²) in [6, 6.07) is 6.98. The normalized spacial score (nSPS) is 15.0.